The lowest BCUT2D eigenvalue weighted by Gasteiger charge is -2.11. The average molecular weight is 339 g/mol. The van der Waals surface area contributed by atoms with Crippen molar-refractivity contribution in [1.29, 1.82) is 0 Å². The van der Waals surface area contributed by atoms with Crippen LogP contribution in [0, 0.1) is 0 Å². The number of sulfone groups is 1. The molecule has 9 heteroatoms. The van der Waals surface area contributed by atoms with Gasteiger partial charge in [0.05, 0.1) is 11.5 Å². The highest BCUT2D eigenvalue weighted by Gasteiger charge is 2.30. The monoisotopic (exact) mass is 339 g/mol. The Morgan fingerprint density at radius 2 is 1.86 bits per heavy atom. The molecule has 1 saturated heterocycles. The zero-order valence-corrected chi connectivity index (χ0v) is 12.3. The molecule has 1 atom stereocenters. The Balaban J connectivity index is 1.97. The molecule has 0 aromatic heterocycles. The predicted octanol–water partition coefficient (Wildman–Crippen LogP) is 2.22. The van der Waals surface area contributed by atoms with Crippen molar-refractivity contribution in [2.45, 2.75) is 22.9 Å². The van der Waals surface area contributed by atoms with Crippen LogP contribution < -0.4 is 5.32 Å². The van der Waals surface area contributed by atoms with E-state index in [1.807, 2.05) is 0 Å². The molecule has 0 bridgehead atoms. The molecule has 0 spiro atoms. The van der Waals surface area contributed by atoms with Crippen molar-refractivity contribution in [3.8, 4) is 0 Å². The van der Waals surface area contributed by atoms with Gasteiger partial charge in [-0.2, -0.15) is 13.2 Å². The number of carbonyl (C=O) groups is 1. The first-order chi connectivity index (χ1) is 9.65. The molecule has 0 saturated carbocycles. The molecule has 1 amide bonds. The van der Waals surface area contributed by atoms with E-state index in [0.29, 0.717) is 6.42 Å². The Hall–Kier alpha value is -1.22. The minimum Gasteiger partial charge on any atom is -0.348 e. The lowest BCUT2D eigenvalue weighted by atomic mass is 10.2. The van der Waals surface area contributed by atoms with Crippen molar-refractivity contribution in [2.24, 2.45) is 0 Å². The Kier molecular flexibility index (Phi) is 4.52. The van der Waals surface area contributed by atoms with Crippen LogP contribution in [0.3, 0.4) is 0 Å². The molecular formula is C12H12F3NO3S2. The third-order valence-electron chi connectivity index (χ3n) is 2.92. The van der Waals surface area contributed by atoms with Gasteiger partial charge in [-0.1, -0.05) is 0 Å². The summed E-state index contributed by atoms with van der Waals surface area (Å²) in [7, 11) is -3.09. The molecular weight excluding hydrogens is 327 g/mol. The third-order valence-corrected chi connectivity index (χ3v) is 5.43. The summed E-state index contributed by atoms with van der Waals surface area (Å²) < 4.78 is 59.1. The van der Waals surface area contributed by atoms with E-state index in [2.05, 4.69) is 5.32 Å². The van der Waals surface area contributed by atoms with Crippen molar-refractivity contribution in [3.63, 3.8) is 0 Å². The minimum absolute atomic E-state index is 0.0116. The Morgan fingerprint density at radius 3 is 2.33 bits per heavy atom. The molecule has 2 rings (SSSR count). The van der Waals surface area contributed by atoms with Crippen LogP contribution in [0.25, 0.3) is 0 Å². The number of carbonyl (C=O) groups excluding carboxylic acids is 1. The Labute approximate surface area is 124 Å². The van der Waals surface area contributed by atoms with Crippen LogP contribution in [0.5, 0.6) is 0 Å². The summed E-state index contributed by atoms with van der Waals surface area (Å²) in [6.07, 6.45) is 0.357. The SMILES string of the molecule is O=C(NC1CCS(=O)(=O)C1)c1ccc(SC(F)(F)F)cc1. The van der Waals surface area contributed by atoms with E-state index in [0.717, 1.165) is 0 Å². The molecule has 0 radical (unpaired) electrons. The number of nitrogens with one attached hydrogen (secondary N) is 1. The van der Waals surface area contributed by atoms with Crippen LogP contribution in [0.15, 0.2) is 29.2 Å². The Morgan fingerprint density at radius 1 is 1.24 bits per heavy atom. The van der Waals surface area contributed by atoms with Crippen LogP contribution in [0.2, 0.25) is 0 Å². The Bertz CT molecular complexity index is 626. The largest absolute Gasteiger partial charge is 0.446 e. The first kappa shape index (κ1) is 16.2. The van der Waals surface area contributed by atoms with Gasteiger partial charge >= 0.3 is 5.51 Å². The molecule has 1 aromatic rings. The molecule has 0 aliphatic carbocycles. The van der Waals surface area contributed by atoms with Gasteiger partial charge in [-0.25, -0.2) is 8.42 Å². The molecule has 1 fully saturated rings. The van der Waals surface area contributed by atoms with Gasteiger partial charge in [-0.05, 0) is 42.4 Å². The highest BCUT2D eigenvalue weighted by molar-refractivity contribution is 8.00. The van der Waals surface area contributed by atoms with Gasteiger partial charge in [0.25, 0.3) is 5.91 Å². The van der Waals surface area contributed by atoms with Crippen molar-refractivity contribution < 1.29 is 26.4 Å². The maximum Gasteiger partial charge on any atom is 0.446 e. The first-order valence-corrected chi connectivity index (χ1v) is 8.65. The van der Waals surface area contributed by atoms with E-state index >= 15 is 0 Å². The normalized spacial score (nSPS) is 21.2. The molecule has 21 heavy (non-hydrogen) atoms. The lowest BCUT2D eigenvalue weighted by Crippen LogP contribution is -2.35. The number of alkyl halides is 3. The van der Waals surface area contributed by atoms with Crippen LogP contribution in [0.4, 0.5) is 13.2 Å². The van der Waals surface area contributed by atoms with Crippen LogP contribution in [-0.2, 0) is 9.84 Å². The molecule has 116 valence electrons. The van der Waals surface area contributed by atoms with Crippen molar-refractivity contribution >= 4 is 27.5 Å². The van der Waals surface area contributed by atoms with Gasteiger partial charge in [-0.15, -0.1) is 0 Å². The number of hydrogen-bond acceptors (Lipinski definition) is 4. The maximum atomic E-state index is 12.2. The minimum atomic E-state index is -4.37. The van der Waals surface area contributed by atoms with Crippen molar-refractivity contribution in [3.05, 3.63) is 29.8 Å². The average Bonchev–Trinajstić information content (AvgIpc) is 2.67. The fourth-order valence-electron chi connectivity index (χ4n) is 1.99. The number of halogens is 3. The summed E-state index contributed by atoms with van der Waals surface area (Å²) in [4.78, 5) is 11.9. The van der Waals surface area contributed by atoms with E-state index in [4.69, 9.17) is 0 Å². The lowest BCUT2D eigenvalue weighted by molar-refractivity contribution is -0.0328. The zero-order valence-electron chi connectivity index (χ0n) is 10.7. The fourth-order valence-corrected chi connectivity index (χ4v) is 4.20. The summed E-state index contributed by atoms with van der Waals surface area (Å²) in [6, 6.07) is 4.54. The standard InChI is InChI=1S/C12H12F3NO3S2/c13-12(14,15)20-10-3-1-8(2-4-10)11(17)16-9-5-6-21(18,19)7-9/h1-4,9H,5-7H2,(H,16,17). The summed E-state index contributed by atoms with van der Waals surface area (Å²) in [5, 5.41) is 2.57. The number of rotatable bonds is 3. The topological polar surface area (TPSA) is 63.2 Å². The molecule has 1 aliphatic rings. The second-order valence-corrected chi connectivity index (χ2v) is 8.01. The molecule has 1 N–H and O–H groups in total. The smallest absolute Gasteiger partial charge is 0.348 e. The molecule has 1 aromatic carbocycles. The number of hydrogen-bond donors (Lipinski definition) is 1. The van der Waals surface area contributed by atoms with Gasteiger partial charge in [0.15, 0.2) is 9.84 Å². The quantitative estimate of drug-likeness (QED) is 0.858. The molecule has 4 nitrogen and oxygen atoms in total. The fraction of sp³-hybridized carbons (Fsp3) is 0.417. The van der Waals surface area contributed by atoms with Gasteiger partial charge in [0.2, 0.25) is 0 Å². The van der Waals surface area contributed by atoms with Crippen LogP contribution in [0.1, 0.15) is 16.8 Å². The van der Waals surface area contributed by atoms with Gasteiger partial charge in [-0.3, -0.25) is 4.79 Å². The van der Waals surface area contributed by atoms with E-state index in [9.17, 15) is 26.4 Å². The van der Waals surface area contributed by atoms with Gasteiger partial charge < -0.3 is 5.32 Å². The summed E-state index contributed by atoms with van der Waals surface area (Å²) >= 11 is -0.257. The second-order valence-electron chi connectivity index (χ2n) is 4.65. The molecule has 1 heterocycles. The number of thioether (sulfide) groups is 1. The van der Waals surface area contributed by atoms with Gasteiger partial charge in [0.1, 0.15) is 0 Å². The molecule has 1 unspecified atom stereocenters. The third kappa shape index (κ3) is 4.92. The highest BCUT2D eigenvalue weighted by atomic mass is 32.2. The number of benzene rings is 1. The van der Waals surface area contributed by atoms with Crippen molar-refractivity contribution in [1.82, 2.24) is 5.32 Å². The highest BCUT2D eigenvalue weighted by Crippen LogP contribution is 2.36. The van der Waals surface area contributed by atoms with E-state index < -0.39 is 27.3 Å². The summed E-state index contributed by atoms with van der Waals surface area (Å²) in [5.74, 6) is -0.541. The zero-order chi connectivity index (χ0) is 15.7. The van der Waals surface area contributed by atoms with Crippen molar-refractivity contribution in [2.75, 3.05) is 11.5 Å². The predicted molar refractivity (Wildman–Crippen MR) is 72.9 cm³/mol. The first-order valence-electron chi connectivity index (χ1n) is 6.02. The summed E-state index contributed by atoms with van der Waals surface area (Å²) in [5.41, 5.74) is -4.17. The molecule has 1 aliphatic heterocycles. The summed E-state index contributed by atoms with van der Waals surface area (Å²) in [6.45, 7) is 0. The van der Waals surface area contributed by atoms with Gasteiger partial charge in [0, 0.05) is 16.5 Å². The van der Waals surface area contributed by atoms with E-state index in [1.54, 1.807) is 0 Å². The number of amides is 1. The van der Waals surface area contributed by atoms with Crippen LogP contribution >= 0.6 is 11.8 Å². The second kappa shape index (κ2) is 5.88. The maximum absolute atomic E-state index is 12.2. The van der Waals surface area contributed by atoms with E-state index in [1.165, 1.54) is 24.3 Å². The van der Waals surface area contributed by atoms with E-state index in [-0.39, 0.29) is 33.7 Å². The van der Waals surface area contributed by atoms with Crippen LogP contribution in [-0.4, -0.2) is 37.4 Å².